The zero-order valence-corrected chi connectivity index (χ0v) is 11.4. The van der Waals surface area contributed by atoms with Gasteiger partial charge in [0.25, 0.3) is 0 Å². The van der Waals surface area contributed by atoms with Crippen molar-refractivity contribution in [1.82, 2.24) is 5.32 Å². The summed E-state index contributed by atoms with van der Waals surface area (Å²) in [7, 11) is 2.02. The molecular weight excluding hydrogens is 230 g/mol. The van der Waals surface area contributed by atoms with Crippen LogP contribution in [-0.4, -0.2) is 24.7 Å². The summed E-state index contributed by atoms with van der Waals surface area (Å²) in [4.78, 5) is 0. The van der Waals surface area contributed by atoms with Crippen molar-refractivity contribution >= 4 is 11.8 Å². The van der Waals surface area contributed by atoms with E-state index in [1.807, 2.05) is 18.8 Å². The van der Waals surface area contributed by atoms with Crippen molar-refractivity contribution in [1.29, 1.82) is 0 Å². The highest BCUT2D eigenvalue weighted by Gasteiger charge is 2.23. The lowest BCUT2D eigenvalue weighted by atomic mass is 10.1. The van der Waals surface area contributed by atoms with Crippen LogP contribution in [0.15, 0.2) is 24.3 Å². The largest absolute Gasteiger partial charge is 0.490 e. The molecule has 1 aliphatic rings. The van der Waals surface area contributed by atoms with Crippen LogP contribution in [0.1, 0.15) is 31.4 Å². The Morgan fingerprint density at radius 3 is 2.59 bits per heavy atom. The zero-order chi connectivity index (χ0) is 12.1. The number of rotatable bonds is 7. The maximum atomic E-state index is 5.75. The highest BCUT2D eigenvalue weighted by molar-refractivity contribution is 7.99. The van der Waals surface area contributed by atoms with Crippen molar-refractivity contribution in [3.05, 3.63) is 29.8 Å². The molecule has 0 radical (unpaired) electrons. The fourth-order valence-corrected chi connectivity index (χ4v) is 2.57. The molecule has 0 spiro atoms. The molecule has 17 heavy (non-hydrogen) atoms. The molecule has 2 nitrogen and oxygen atoms in total. The van der Waals surface area contributed by atoms with Crippen LogP contribution in [0.4, 0.5) is 0 Å². The molecule has 1 fully saturated rings. The average molecular weight is 251 g/mol. The summed E-state index contributed by atoms with van der Waals surface area (Å²) in [6.45, 7) is 2.20. The summed E-state index contributed by atoms with van der Waals surface area (Å²) in [6.07, 6.45) is 2.92. The van der Waals surface area contributed by atoms with Gasteiger partial charge in [0.05, 0.1) is 6.10 Å². The summed E-state index contributed by atoms with van der Waals surface area (Å²) in [6, 6.07) is 8.97. The highest BCUT2D eigenvalue weighted by atomic mass is 32.2. The third-order valence-corrected chi connectivity index (χ3v) is 3.92. The second-order valence-corrected chi connectivity index (χ2v) is 5.71. The van der Waals surface area contributed by atoms with Gasteiger partial charge in [0.1, 0.15) is 5.75 Å². The van der Waals surface area contributed by atoms with Gasteiger partial charge in [-0.15, -0.1) is 0 Å². The molecule has 1 atom stereocenters. The maximum Gasteiger partial charge on any atom is 0.119 e. The number of ether oxygens (including phenoxy) is 1. The Morgan fingerprint density at radius 2 is 2.06 bits per heavy atom. The Labute approximate surface area is 108 Å². The summed E-state index contributed by atoms with van der Waals surface area (Å²) in [5.41, 5.74) is 1.34. The van der Waals surface area contributed by atoms with Crippen LogP contribution in [0.2, 0.25) is 0 Å². The number of nitrogens with one attached hydrogen (secondary N) is 1. The summed E-state index contributed by atoms with van der Waals surface area (Å²) < 4.78 is 5.75. The fraction of sp³-hybridized carbons (Fsp3) is 0.571. The molecule has 1 aromatic carbocycles. The lowest BCUT2D eigenvalue weighted by molar-refractivity contribution is 0.303. The topological polar surface area (TPSA) is 21.3 Å². The summed E-state index contributed by atoms with van der Waals surface area (Å²) >= 11 is 1.97. The molecule has 2 rings (SSSR count). The maximum absolute atomic E-state index is 5.75. The van der Waals surface area contributed by atoms with E-state index in [9.17, 15) is 0 Å². The van der Waals surface area contributed by atoms with Crippen LogP contribution in [0.5, 0.6) is 5.75 Å². The minimum absolute atomic E-state index is 0.440. The van der Waals surface area contributed by atoms with E-state index in [1.165, 1.54) is 24.2 Å². The first-order chi connectivity index (χ1) is 8.33. The molecule has 0 amide bonds. The molecule has 1 saturated carbocycles. The summed E-state index contributed by atoms with van der Waals surface area (Å²) in [5.74, 6) is 3.30. The molecule has 0 saturated heterocycles. The Bertz CT molecular complexity index is 335. The predicted octanol–water partition coefficient (Wildman–Crippen LogP) is 3.24. The predicted molar refractivity (Wildman–Crippen MR) is 74.9 cm³/mol. The third-order valence-electron chi connectivity index (χ3n) is 2.95. The first kappa shape index (κ1) is 12.8. The monoisotopic (exact) mass is 251 g/mol. The molecule has 94 valence electrons. The van der Waals surface area contributed by atoms with Crippen molar-refractivity contribution < 1.29 is 4.74 Å². The Kier molecular flexibility index (Phi) is 4.75. The van der Waals surface area contributed by atoms with E-state index in [4.69, 9.17) is 4.74 Å². The first-order valence-electron chi connectivity index (χ1n) is 6.35. The standard InChI is InChI=1S/C14H21NOS/c1-3-17-10-14(15-2)11-4-6-12(7-5-11)16-13-8-9-13/h4-7,13-15H,3,8-10H2,1-2H3. The van der Waals surface area contributed by atoms with E-state index in [1.54, 1.807) is 0 Å². The van der Waals surface area contributed by atoms with Crippen LogP contribution in [-0.2, 0) is 0 Å². The van der Waals surface area contributed by atoms with Crippen molar-refractivity contribution in [2.24, 2.45) is 0 Å². The quantitative estimate of drug-likeness (QED) is 0.804. The second-order valence-electron chi connectivity index (χ2n) is 4.39. The van der Waals surface area contributed by atoms with E-state index in [0.29, 0.717) is 12.1 Å². The molecular formula is C14H21NOS. The van der Waals surface area contributed by atoms with Crippen LogP contribution in [0.3, 0.4) is 0 Å². The molecule has 1 aromatic rings. The zero-order valence-electron chi connectivity index (χ0n) is 10.6. The van der Waals surface area contributed by atoms with Crippen LogP contribution in [0.25, 0.3) is 0 Å². The minimum atomic E-state index is 0.440. The minimum Gasteiger partial charge on any atom is -0.490 e. The molecule has 0 aromatic heterocycles. The molecule has 1 aliphatic carbocycles. The van der Waals surface area contributed by atoms with E-state index in [2.05, 4.69) is 36.5 Å². The van der Waals surface area contributed by atoms with Gasteiger partial charge in [0.2, 0.25) is 0 Å². The molecule has 1 unspecified atom stereocenters. The smallest absolute Gasteiger partial charge is 0.119 e. The molecule has 1 N–H and O–H groups in total. The van der Waals surface area contributed by atoms with Gasteiger partial charge in [-0.2, -0.15) is 11.8 Å². The van der Waals surface area contributed by atoms with Gasteiger partial charge in [-0.3, -0.25) is 0 Å². The van der Waals surface area contributed by atoms with Crippen molar-refractivity contribution in [2.45, 2.75) is 31.9 Å². The number of hydrogen-bond acceptors (Lipinski definition) is 3. The SMILES string of the molecule is CCSCC(NC)c1ccc(OC2CC2)cc1. The number of hydrogen-bond donors (Lipinski definition) is 1. The van der Waals surface area contributed by atoms with Crippen molar-refractivity contribution in [2.75, 3.05) is 18.6 Å². The number of thioether (sulfide) groups is 1. The third kappa shape index (κ3) is 3.93. The van der Waals surface area contributed by atoms with Crippen molar-refractivity contribution in [3.63, 3.8) is 0 Å². The molecule has 3 heteroatoms. The normalized spacial score (nSPS) is 16.8. The van der Waals surface area contributed by atoms with Crippen LogP contribution >= 0.6 is 11.8 Å². The van der Waals surface area contributed by atoms with Gasteiger partial charge in [-0.05, 0) is 43.3 Å². The van der Waals surface area contributed by atoms with Gasteiger partial charge in [0.15, 0.2) is 0 Å². The van der Waals surface area contributed by atoms with Gasteiger partial charge in [-0.25, -0.2) is 0 Å². The Balaban J connectivity index is 1.93. The molecule has 0 aliphatic heterocycles. The average Bonchev–Trinajstić information content (AvgIpc) is 3.16. The first-order valence-corrected chi connectivity index (χ1v) is 7.50. The van der Waals surface area contributed by atoms with Gasteiger partial charge in [-0.1, -0.05) is 19.1 Å². The summed E-state index contributed by atoms with van der Waals surface area (Å²) in [5, 5.41) is 3.36. The van der Waals surface area contributed by atoms with Gasteiger partial charge < -0.3 is 10.1 Å². The van der Waals surface area contributed by atoms with Gasteiger partial charge >= 0.3 is 0 Å². The van der Waals surface area contributed by atoms with E-state index in [-0.39, 0.29) is 0 Å². The van der Waals surface area contributed by atoms with Crippen LogP contribution < -0.4 is 10.1 Å². The molecule has 0 heterocycles. The van der Waals surface area contributed by atoms with Crippen molar-refractivity contribution in [3.8, 4) is 5.75 Å². The van der Waals surface area contributed by atoms with E-state index in [0.717, 1.165) is 11.5 Å². The second kappa shape index (κ2) is 6.31. The lowest BCUT2D eigenvalue weighted by Crippen LogP contribution is -2.18. The lowest BCUT2D eigenvalue weighted by Gasteiger charge is -2.16. The molecule has 0 bridgehead atoms. The number of benzene rings is 1. The van der Waals surface area contributed by atoms with Crippen LogP contribution in [0, 0.1) is 0 Å². The van der Waals surface area contributed by atoms with E-state index >= 15 is 0 Å². The highest BCUT2D eigenvalue weighted by Crippen LogP contribution is 2.28. The fourth-order valence-electron chi connectivity index (χ4n) is 1.74. The Hall–Kier alpha value is -0.670. The Morgan fingerprint density at radius 1 is 1.35 bits per heavy atom. The van der Waals surface area contributed by atoms with E-state index < -0.39 is 0 Å². The van der Waals surface area contributed by atoms with Gasteiger partial charge in [0, 0.05) is 11.8 Å².